The second kappa shape index (κ2) is 3.23. The predicted molar refractivity (Wildman–Crippen MR) is 46.8 cm³/mol. The second-order valence-corrected chi connectivity index (χ2v) is 3.33. The van der Waals surface area contributed by atoms with Gasteiger partial charge < -0.3 is 5.11 Å². The molecule has 0 atom stereocenters. The van der Waals surface area contributed by atoms with E-state index >= 15 is 0 Å². The SMILES string of the molecule is OCc1cccnc1C1CCC1. The van der Waals surface area contributed by atoms with E-state index in [0.29, 0.717) is 5.92 Å². The molecule has 1 heterocycles. The normalized spacial score (nSPS) is 17.4. The average molecular weight is 163 g/mol. The van der Waals surface area contributed by atoms with E-state index in [0.717, 1.165) is 11.3 Å². The first kappa shape index (κ1) is 7.74. The van der Waals surface area contributed by atoms with Gasteiger partial charge in [-0.05, 0) is 24.5 Å². The molecule has 64 valence electrons. The van der Waals surface area contributed by atoms with Gasteiger partial charge in [0.25, 0.3) is 0 Å². The van der Waals surface area contributed by atoms with Crippen LogP contribution in [-0.4, -0.2) is 10.1 Å². The van der Waals surface area contributed by atoms with E-state index in [4.69, 9.17) is 5.11 Å². The number of hydrogen-bond donors (Lipinski definition) is 1. The molecule has 0 aromatic carbocycles. The molecule has 0 unspecified atom stereocenters. The smallest absolute Gasteiger partial charge is 0.0699 e. The van der Waals surface area contributed by atoms with Crippen molar-refractivity contribution in [2.24, 2.45) is 0 Å². The minimum atomic E-state index is 0.125. The summed E-state index contributed by atoms with van der Waals surface area (Å²) in [6, 6.07) is 3.84. The molecular weight excluding hydrogens is 150 g/mol. The molecule has 1 aliphatic rings. The highest BCUT2D eigenvalue weighted by Crippen LogP contribution is 2.36. The van der Waals surface area contributed by atoms with Gasteiger partial charge in [-0.3, -0.25) is 4.98 Å². The van der Waals surface area contributed by atoms with Gasteiger partial charge in [-0.25, -0.2) is 0 Å². The van der Waals surface area contributed by atoms with E-state index in [1.807, 2.05) is 18.3 Å². The fourth-order valence-electron chi connectivity index (χ4n) is 1.63. The Morgan fingerprint density at radius 2 is 2.33 bits per heavy atom. The molecule has 0 radical (unpaired) electrons. The summed E-state index contributed by atoms with van der Waals surface area (Å²) in [4.78, 5) is 4.31. The quantitative estimate of drug-likeness (QED) is 0.721. The first-order valence-corrected chi connectivity index (χ1v) is 4.46. The molecule has 0 saturated heterocycles. The van der Waals surface area contributed by atoms with Gasteiger partial charge in [0, 0.05) is 17.8 Å². The highest BCUT2D eigenvalue weighted by molar-refractivity contribution is 5.23. The Balaban J connectivity index is 2.27. The molecule has 12 heavy (non-hydrogen) atoms. The molecule has 1 saturated carbocycles. The van der Waals surface area contributed by atoms with Gasteiger partial charge in [0.1, 0.15) is 0 Å². The van der Waals surface area contributed by atoms with Crippen molar-refractivity contribution in [2.45, 2.75) is 31.8 Å². The van der Waals surface area contributed by atoms with Crippen LogP contribution >= 0.6 is 0 Å². The molecule has 0 aliphatic heterocycles. The highest BCUT2D eigenvalue weighted by Gasteiger charge is 2.22. The number of hydrogen-bond acceptors (Lipinski definition) is 2. The summed E-state index contributed by atoms with van der Waals surface area (Å²) in [6.07, 6.45) is 5.60. The van der Waals surface area contributed by atoms with E-state index in [-0.39, 0.29) is 6.61 Å². The summed E-state index contributed by atoms with van der Waals surface area (Å²) in [5.74, 6) is 0.619. The monoisotopic (exact) mass is 163 g/mol. The molecule has 2 rings (SSSR count). The minimum absolute atomic E-state index is 0.125. The molecule has 2 heteroatoms. The standard InChI is InChI=1S/C10H13NO/c12-7-9-5-2-6-11-10(9)8-3-1-4-8/h2,5-6,8,12H,1,3-4,7H2. The summed E-state index contributed by atoms with van der Waals surface area (Å²) in [5.41, 5.74) is 2.12. The Kier molecular flexibility index (Phi) is 2.09. The number of aliphatic hydroxyl groups excluding tert-OH is 1. The lowest BCUT2D eigenvalue weighted by atomic mass is 9.81. The van der Waals surface area contributed by atoms with Crippen molar-refractivity contribution in [1.82, 2.24) is 4.98 Å². The van der Waals surface area contributed by atoms with Gasteiger partial charge >= 0.3 is 0 Å². The fraction of sp³-hybridized carbons (Fsp3) is 0.500. The first-order chi connectivity index (χ1) is 5.92. The van der Waals surface area contributed by atoms with Gasteiger partial charge in [-0.2, -0.15) is 0 Å². The van der Waals surface area contributed by atoms with Crippen molar-refractivity contribution in [3.63, 3.8) is 0 Å². The third-order valence-electron chi connectivity index (χ3n) is 2.59. The Morgan fingerprint density at radius 3 is 2.92 bits per heavy atom. The zero-order valence-electron chi connectivity index (χ0n) is 7.03. The van der Waals surface area contributed by atoms with Crippen LogP contribution in [-0.2, 0) is 6.61 Å². The molecule has 2 nitrogen and oxygen atoms in total. The number of nitrogens with zero attached hydrogens (tertiary/aromatic N) is 1. The molecular formula is C10H13NO. The maximum atomic E-state index is 9.05. The zero-order chi connectivity index (χ0) is 8.39. The number of rotatable bonds is 2. The Labute approximate surface area is 72.3 Å². The molecule has 0 amide bonds. The largest absolute Gasteiger partial charge is 0.392 e. The lowest BCUT2D eigenvalue weighted by Gasteiger charge is -2.26. The maximum absolute atomic E-state index is 9.05. The van der Waals surface area contributed by atoms with E-state index in [1.165, 1.54) is 19.3 Å². The topological polar surface area (TPSA) is 33.1 Å². The van der Waals surface area contributed by atoms with Crippen LogP contribution in [0.3, 0.4) is 0 Å². The Hall–Kier alpha value is -0.890. The summed E-state index contributed by atoms with van der Waals surface area (Å²) >= 11 is 0. The third-order valence-corrected chi connectivity index (χ3v) is 2.59. The van der Waals surface area contributed by atoms with Crippen molar-refractivity contribution in [1.29, 1.82) is 0 Å². The van der Waals surface area contributed by atoms with Gasteiger partial charge in [-0.15, -0.1) is 0 Å². The Bertz CT molecular complexity index is 268. The number of pyridine rings is 1. The molecule has 0 spiro atoms. The van der Waals surface area contributed by atoms with Gasteiger partial charge in [-0.1, -0.05) is 12.5 Å². The van der Waals surface area contributed by atoms with Crippen LogP contribution in [0.4, 0.5) is 0 Å². The summed E-state index contributed by atoms with van der Waals surface area (Å²) in [6.45, 7) is 0.125. The van der Waals surface area contributed by atoms with Crippen LogP contribution in [0, 0.1) is 0 Å². The lowest BCUT2D eigenvalue weighted by Crippen LogP contribution is -2.12. The van der Waals surface area contributed by atoms with Crippen molar-refractivity contribution < 1.29 is 5.11 Å². The van der Waals surface area contributed by atoms with E-state index in [1.54, 1.807) is 0 Å². The second-order valence-electron chi connectivity index (χ2n) is 3.33. The molecule has 0 bridgehead atoms. The first-order valence-electron chi connectivity index (χ1n) is 4.46. The van der Waals surface area contributed by atoms with Crippen LogP contribution in [0.15, 0.2) is 18.3 Å². The fourth-order valence-corrected chi connectivity index (χ4v) is 1.63. The van der Waals surface area contributed by atoms with Crippen molar-refractivity contribution in [2.75, 3.05) is 0 Å². The maximum Gasteiger partial charge on any atom is 0.0699 e. The lowest BCUT2D eigenvalue weighted by molar-refractivity contribution is 0.276. The highest BCUT2D eigenvalue weighted by atomic mass is 16.3. The summed E-state index contributed by atoms with van der Waals surface area (Å²) in [5, 5.41) is 9.05. The zero-order valence-corrected chi connectivity index (χ0v) is 7.03. The van der Waals surface area contributed by atoms with Gasteiger partial charge in [0.15, 0.2) is 0 Å². The van der Waals surface area contributed by atoms with Crippen molar-refractivity contribution in [3.8, 4) is 0 Å². The van der Waals surface area contributed by atoms with Crippen LogP contribution in [0.5, 0.6) is 0 Å². The van der Waals surface area contributed by atoms with Crippen LogP contribution in [0.25, 0.3) is 0 Å². The van der Waals surface area contributed by atoms with Crippen LogP contribution in [0.1, 0.15) is 36.4 Å². The molecule has 1 aliphatic carbocycles. The number of aromatic nitrogens is 1. The molecule has 1 N–H and O–H groups in total. The van der Waals surface area contributed by atoms with E-state index in [9.17, 15) is 0 Å². The third kappa shape index (κ3) is 1.23. The summed E-state index contributed by atoms with van der Waals surface area (Å²) in [7, 11) is 0. The average Bonchev–Trinajstić information content (AvgIpc) is 2.02. The summed E-state index contributed by atoms with van der Waals surface area (Å²) < 4.78 is 0. The molecule has 1 aromatic rings. The predicted octanol–water partition coefficient (Wildman–Crippen LogP) is 1.84. The van der Waals surface area contributed by atoms with Crippen LogP contribution in [0.2, 0.25) is 0 Å². The van der Waals surface area contributed by atoms with E-state index < -0.39 is 0 Å². The number of aliphatic hydroxyl groups is 1. The molecule has 1 fully saturated rings. The van der Waals surface area contributed by atoms with Crippen LogP contribution < -0.4 is 0 Å². The van der Waals surface area contributed by atoms with Gasteiger partial charge in [0.2, 0.25) is 0 Å². The molecule has 1 aromatic heterocycles. The van der Waals surface area contributed by atoms with Crippen molar-refractivity contribution in [3.05, 3.63) is 29.6 Å². The van der Waals surface area contributed by atoms with E-state index in [2.05, 4.69) is 4.98 Å². The Morgan fingerprint density at radius 1 is 1.50 bits per heavy atom. The van der Waals surface area contributed by atoms with Crippen molar-refractivity contribution >= 4 is 0 Å². The van der Waals surface area contributed by atoms with Gasteiger partial charge in [0.05, 0.1) is 6.61 Å². The minimum Gasteiger partial charge on any atom is -0.392 e.